The lowest BCUT2D eigenvalue weighted by Gasteiger charge is -2.00. The second-order valence-electron chi connectivity index (χ2n) is 1.83. The molecule has 0 atom stereocenters. The van der Waals surface area contributed by atoms with E-state index in [0.29, 0.717) is 11.7 Å². The van der Waals surface area contributed by atoms with E-state index in [0.717, 1.165) is 5.75 Å². The van der Waals surface area contributed by atoms with Crippen LogP contribution in [0.25, 0.3) is 0 Å². The van der Waals surface area contributed by atoms with Crippen LogP contribution in [0.15, 0.2) is 4.99 Å². The Kier molecular flexibility index (Phi) is 2.81. The number of amidine groups is 1. The lowest BCUT2D eigenvalue weighted by atomic mass is 10.6. The van der Waals surface area contributed by atoms with E-state index in [1.807, 2.05) is 5.32 Å². The second-order valence-corrected chi connectivity index (χ2v) is 2.91. The largest absolute Gasteiger partial charge is 0.315 e. The summed E-state index contributed by atoms with van der Waals surface area (Å²) in [6.07, 6.45) is -2.96. The number of nitrogens with one attached hydrogen (secondary N) is 1. The van der Waals surface area contributed by atoms with Gasteiger partial charge in [-0.15, -0.1) is 0 Å². The number of hydrogen-bond acceptors (Lipinski definition) is 3. The molecule has 0 aliphatic carbocycles. The minimum absolute atomic E-state index is 0.301. The first kappa shape index (κ1) is 8.45. The van der Waals surface area contributed by atoms with Crippen LogP contribution >= 0.6 is 11.8 Å². The third-order valence-electron chi connectivity index (χ3n) is 1.01. The Balaban J connectivity index is 2.35. The van der Waals surface area contributed by atoms with E-state index in [1.165, 1.54) is 11.8 Å². The Labute approximate surface area is 66.3 Å². The van der Waals surface area contributed by atoms with Gasteiger partial charge in [0.15, 0.2) is 5.17 Å². The molecule has 1 amide bonds. The number of thioether (sulfide) groups is 1. The van der Waals surface area contributed by atoms with Crippen molar-refractivity contribution in [2.75, 3.05) is 12.3 Å². The molecule has 0 fully saturated rings. The van der Waals surface area contributed by atoms with Crippen LogP contribution in [0.4, 0.5) is 8.78 Å². The minimum atomic E-state index is -2.96. The summed E-state index contributed by atoms with van der Waals surface area (Å²) in [6, 6.07) is 0. The zero-order valence-corrected chi connectivity index (χ0v) is 6.33. The molecule has 0 radical (unpaired) electrons. The maximum Gasteiger partial charge on any atom is 0.315 e. The lowest BCUT2D eigenvalue weighted by Crippen LogP contribution is -2.32. The zero-order chi connectivity index (χ0) is 8.27. The molecule has 0 unspecified atom stereocenters. The van der Waals surface area contributed by atoms with E-state index in [1.54, 1.807) is 0 Å². The highest BCUT2D eigenvalue weighted by Crippen LogP contribution is 2.09. The van der Waals surface area contributed by atoms with Gasteiger partial charge in [-0.2, -0.15) is 8.78 Å². The average Bonchev–Trinajstić information content (AvgIpc) is 2.39. The number of rotatable bonds is 1. The number of carbonyl (C=O) groups is 1. The number of amides is 1. The van der Waals surface area contributed by atoms with Gasteiger partial charge in [0.25, 0.3) is 5.91 Å². The van der Waals surface area contributed by atoms with Gasteiger partial charge >= 0.3 is 6.43 Å². The molecular formula is C5H6F2N2OS. The monoisotopic (exact) mass is 180 g/mol. The Morgan fingerprint density at radius 2 is 2.45 bits per heavy atom. The van der Waals surface area contributed by atoms with Crippen molar-refractivity contribution in [1.29, 1.82) is 0 Å². The quantitative estimate of drug-likeness (QED) is 0.637. The summed E-state index contributed by atoms with van der Waals surface area (Å²) in [5.41, 5.74) is 0. The topological polar surface area (TPSA) is 41.5 Å². The molecule has 0 spiro atoms. The van der Waals surface area contributed by atoms with E-state index in [2.05, 4.69) is 4.99 Å². The summed E-state index contributed by atoms with van der Waals surface area (Å²) < 4.78 is 23.2. The van der Waals surface area contributed by atoms with Gasteiger partial charge in [0.1, 0.15) is 0 Å². The molecule has 1 aliphatic rings. The standard InChI is InChI=1S/C5H6F2N2OS/c6-3(7)4(10)9-5-8-1-2-11-5/h3H,1-2H2,(H,8,9,10). The minimum Gasteiger partial charge on any atom is -0.300 e. The Morgan fingerprint density at radius 1 is 1.73 bits per heavy atom. The smallest absolute Gasteiger partial charge is 0.300 e. The third-order valence-corrected chi connectivity index (χ3v) is 1.91. The fourth-order valence-electron chi connectivity index (χ4n) is 0.571. The van der Waals surface area contributed by atoms with Crippen molar-refractivity contribution in [3.63, 3.8) is 0 Å². The number of hydrogen-bond donors (Lipinski definition) is 1. The van der Waals surface area contributed by atoms with Gasteiger partial charge in [-0.3, -0.25) is 9.79 Å². The van der Waals surface area contributed by atoms with Crippen LogP contribution in [0, 0.1) is 0 Å². The summed E-state index contributed by atoms with van der Waals surface area (Å²) in [7, 11) is 0. The maximum atomic E-state index is 11.6. The van der Waals surface area contributed by atoms with Crippen LogP contribution in [0.1, 0.15) is 0 Å². The van der Waals surface area contributed by atoms with E-state index >= 15 is 0 Å². The maximum absolute atomic E-state index is 11.6. The van der Waals surface area contributed by atoms with E-state index in [4.69, 9.17) is 0 Å². The van der Waals surface area contributed by atoms with Crippen molar-refractivity contribution in [3.05, 3.63) is 0 Å². The lowest BCUT2D eigenvalue weighted by molar-refractivity contribution is -0.130. The van der Waals surface area contributed by atoms with Gasteiger partial charge in [-0.05, 0) is 0 Å². The van der Waals surface area contributed by atoms with Crippen LogP contribution in [0.5, 0.6) is 0 Å². The molecule has 0 aromatic rings. The average molecular weight is 180 g/mol. The van der Waals surface area contributed by atoms with Crippen molar-refractivity contribution in [2.24, 2.45) is 4.99 Å². The molecule has 1 aliphatic heterocycles. The van der Waals surface area contributed by atoms with E-state index in [-0.39, 0.29) is 0 Å². The highest BCUT2D eigenvalue weighted by atomic mass is 32.2. The van der Waals surface area contributed by atoms with Crippen molar-refractivity contribution in [3.8, 4) is 0 Å². The SMILES string of the molecule is O=C(NC1=NCCS1)C(F)F. The first-order chi connectivity index (χ1) is 5.20. The fourth-order valence-corrected chi connectivity index (χ4v) is 1.30. The van der Waals surface area contributed by atoms with Crippen molar-refractivity contribution < 1.29 is 13.6 Å². The Hall–Kier alpha value is -0.650. The van der Waals surface area contributed by atoms with Gasteiger partial charge in [0.2, 0.25) is 0 Å². The van der Waals surface area contributed by atoms with Crippen LogP contribution < -0.4 is 5.32 Å². The molecule has 0 aromatic heterocycles. The molecule has 3 nitrogen and oxygen atoms in total. The summed E-state index contributed by atoms with van der Waals surface area (Å²) in [6.45, 7) is 0.587. The summed E-state index contributed by atoms with van der Waals surface area (Å²) >= 11 is 1.27. The van der Waals surface area contributed by atoms with Crippen molar-refractivity contribution >= 4 is 22.8 Å². The van der Waals surface area contributed by atoms with Gasteiger partial charge in [-0.25, -0.2) is 0 Å². The van der Waals surface area contributed by atoms with Crippen LogP contribution in [0.3, 0.4) is 0 Å². The molecule has 1 heterocycles. The number of nitrogens with zero attached hydrogens (tertiary/aromatic N) is 1. The third kappa shape index (κ3) is 2.45. The number of alkyl halides is 2. The van der Waals surface area contributed by atoms with Crippen molar-refractivity contribution in [2.45, 2.75) is 6.43 Å². The van der Waals surface area contributed by atoms with Gasteiger partial charge in [0.05, 0.1) is 6.54 Å². The second kappa shape index (κ2) is 3.66. The molecule has 1 rings (SSSR count). The van der Waals surface area contributed by atoms with E-state index in [9.17, 15) is 13.6 Å². The Bertz CT molecular complexity index is 195. The van der Waals surface area contributed by atoms with E-state index < -0.39 is 12.3 Å². The highest BCUT2D eigenvalue weighted by Gasteiger charge is 2.18. The molecule has 0 saturated heterocycles. The van der Waals surface area contributed by atoms with Crippen LogP contribution in [-0.4, -0.2) is 29.8 Å². The molecule has 0 saturated carbocycles. The molecule has 0 aromatic carbocycles. The molecule has 1 N–H and O–H groups in total. The molecule has 0 bridgehead atoms. The summed E-state index contributed by atoms with van der Waals surface area (Å²) in [5.74, 6) is -0.531. The normalized spacial score (nSPS) is 16.8. The summed E-state index contributed by atoms with van der Waals surface area (Å²) in [5, 5.41) is 2.30. The predicted molar refractivity (Wildman–Crippen MR) is 38.9 cm³/mol. The zero-order valence-electron chi connectivity index (χ0n) is 5.51. The number of halogens is 2. The molecule has 62 valence electrons. The summed E-state index contributed by atoms with van der Waals surface area (Å²) in [4.78, 5) is 14.1. The number of carbonyl (C=O) groups excluding carboxylic acids is 1. The highest BCUT2D eigenvalue weighted by molar-refractivity contribution is 8.14. The van der Waals surface area contributed by atoms with Gasteiger partial charge in [0, 0.05) is 5.75 Å². The van der Waals surface area contributed by atoms with Gasteiger partial charge < -0.3 is 5.32 Å². The molecular weight excluding hydrogens is 174 g/mol. The first-order valence-corrected chi connectivity index (χ1v) is 3.95. The Morgan fingerprint density at radius 3 is 2.91 bits per heavy atom. The van der Waals surface area contributed by atoms with Gasteiger partial charge in [-0.1, -0.05) is 11.8 Å². The first-order valence-electron chi connectivity index (χ1n) is 2.96. The molecule has 11 heavy (non-hydrogen) atoms. The van der Waals surface area contributed by atoms with Crippen LogP contribution in [-0.2, 0) is 4.79 Å². The fraction of sp³-hybridized carbons (Fsp3) is 0.600. The number of aliphatic imine (C=N–C) groups is 1. The predicted octanol–water partition coefficient (Wildman–Crippen LogP) is 0.470. The van der Waals surface area contributed by atoms with Crippen molar-refractivity contribution in [1.82, 2.24) is 5.32 Å². The molecule has 6 heteroatoms. The van der Waals surface area contributed by atoms with Crippen LogP contribution in [0.2, 0.25) is 0 Å².